The van der Waals surface area contributed by atoms with E-state index in [0.29, 0.717) is 27.8 Å². The fraction of sp³-hybridized carbons (Fsp3) is 0.389. The topological polar surface area (TPSA) is 94.7 Å². The molecular formula is C18H20Cl2N6O2S. The molecule has 0 fully saturated rings. The molecule has 0 aliphatic carbocycles. The van der Waals surface area contributed by atoms with E-state index in [-0.39, 0.29) is 10.0 Å². The van der Waals surface area contributed by atoms with Crippen LogP contribution in [0.15, 0.2) is 23.1 Å². The van der Waals surface area contributed by atoms with Crippen LogP contribution in [0.1, 0.15) is 30.8 Å². The van der Waals surface area contributed by atoms with Crippen LogP contribution in [-0.4, -0.2) is 33.0 Å². The molecule has 0 saturated heterocycles. The number of fused-ring (bicyclic) bond motifs is 1. The number of anilines is 1. The second kappa shape index (κ2) is 7.62. The van der Waals surface area contributed by atoms with Gasteiger partial charge in [-0.15, -0.1) is 10.2 Å². The molecule has 1 aliphatic rings. The third-order valence-electron chi connectivity index (χ3n) is 4.94. The van der Waals surface area contributed by atoms with Crippen LogP contribution in [0.3, 0.4) is 0 Å². The number of aryl methyl sites for hydroxylation is 3. The lowest BCUT2D eigenvalue weighted by Gasteiger charge is -2.12. The highest BCUT2D eigenvalue weighted by atomic mass is 35.5. The molecule has 0 unspecified atom stereocenters. The summed E-state index contributed by atoms with van der Waals surface area (Å²) in [5.74, 6) is 1.57. The summed E-state index contributed by atoms with van der Waals surface area (Å²) in [5, 5.41) is 13.2. The molecule has 1 aromatic carbocycles. The number of sulfonamides is 1. The summed E-state index contributed by atoms with van der Waals surface area (Å²) in [6, 6.07) is 4.91. The smallest absolute Gasteiger partial charge is 0.266 e. The molecule has 1 aliphatic heterocycles. The molecule has 0 atom stereocenters. The molecule has 8 nitrogen and oxygen atoms in total. The molecule has 11 heteroatoms. The van der Waals surface area contributed by atoms with E-state index in [4.69, 9.17) is 23.2 Å². The lowest BCUT2D eigenvalue weighted by atomic mass is 10.2. The van der Waals surface area contributed by atoms with Crippen molar-refractivity contribution in [3.63, 3.8) is 0 Å². The SMILES string of the molecule is Cc1nn(C)c(Cl)c1S(=O)(=O)Nc1ccc(Cl)c(-c2nnc3n2CCCCC3)c1. The summed E-state index contributed by atoms with van der Waals surface area (Å²) < 4.78 is 31.8. The summed E-state index contributed by atoms with van der Waals surface area (Å²) in [7, 11) is -2.34. The molecule has 0 spiro atoms. The molecule has 0 radical (unpaired) electrons. The highest BCUT2D eigenvalue weighted by Crippen LogP contribution is 2.33. The van der Waals surface area contributed by atoms with Crippen molar-refractivity contribution in [2.45, 2.75) is 44.0 Å². The van der Waals surface area contributed by atoms with E-state index in [9.17, 15) is 8.42 Å². The monoisotopic (exact) mass is 454 g/mol. The highest BCUT2D eigenvalue weighted by Gasteiger charge is 2.26. The number of hydrogen-bond acceptors (Lipinski definition) is 5. The van der Waals surface area contributed by atoms with Crippen LogP contribution in [-0.2, 0) is 30.0 Å². The number of aromatic nitrogens is 5. The fourth-order valence-corrected chi connectivity index (χ4v) is 5.57. The van der Waals surface area contributed by atoms with Crippen molar-refractivity contribution in [2.24, 2.45) is 7.05 Å². The Bertz CT molecular complexity index is 1190. The second-order valence-corrected chi connectivity index (χ2v) is 9.42. The van der Waals surface area contributed by atoms with Crippen molar-refractivity contribution in [1.29, 1.82) is 0 Å². The zero-order valence-corrected chi connectivity index (χ0v) is 18.3. The zero-order chi connectivity index (χ0) is 20.8. The standard InChI is InChI=1S/C18H20Cl2N6O2S/c1-11-16(17(20)25(2)23-11)29(27,28)24-12-7-8-14(19)13(10-12)18-22-21-15-6-4-3-5-9-26(15)18/h7-8,10,24H,3-6,9H2,1-2H3. The molecule has 1 N–H and O–H groups in total. The maximum atomic E-state index is 12.9. The Morgan fingerprint density at radius 1 is 1.14 bits per heavy atom. The number of benzene rings is 1. The lowest BCUT2D eigenvalue weighted by Crippen LogP contribution is -2.14. The van der Waals surface area contributed by atoms with Gasteiger partial charge in [0.2, 0.25) is 0 Å². The summed E-state index contributed by atoms with van der Waals surface area (Å²) in [4.78, 5) is -0.0467. The van der Waals surface area contributed by atoms with Crippen LogP contribution in [0.5, 0.6) is 0 Å². The maximum absolute atomic E-state index is 12.9. The minimum atomic E-state index is -3.93. The predicted octanol–water partition coefficient (Wildman–Crippen LogP) is 3.82. The van der Waals surface area contributed by atoms with Crippen LogP contribution >= 0.6 is 23.2 Å². The third-order valence-corrected chi connectivity index (χ3v) is 7.34. The summed E-state index contributed by atoms with van der Waals surface area (Å²) in [6.45, 7) is 2.41. The van der Waals surface area contributed by atoms with Crippen molar-refractivity contribution >= 4 is 38.9 Å². The molecule has 2 aromatic heterocycles. The number of hydrogen-bond donors (Lipinski definition) is 1. The lowest BCUT2D eigenvalue weighted by molar-refractivity contribution is 0.600. The van der Waals surface area contributed by atoms with Crippen LogP contribution in [0.2, 0.25) is 10.2 Å². The van der Waals surface area contributed by atoms with Crippen molar-refractivity contribution in [1.82, 2.24) is 24.5 Å². The Hall–Kier alpha value is -2.10. The average molecular weight is 455 g/mol. The normalized spacial score (nSPS) is 14.5. The fourth-order valence-electron chi connectivity index (χ4n) is 3.57. The first-order valence-corrected chi connectivity index (χ1v) is 11.5. The van der Waals surface area contributed by atoms with Gasteiger partial charge in [0.15, 0.2) is 5.82 Å². The van der Waals surface area contributed by atoms with Crippen molar-refractivity contribution in [3.8, 4) is 11.4 Å². The minimum absolute atomic E-state index is 0.0467. The van der Waals surface area contributed by atoms with E-state index in [1.807, 2.05) is 0 Å². The highest BCUT2D eigenvalue weighted by molar-refractivity contribution is 7.92. The van der Waals surface area contributed by atoms with Gasteiger partial charge in [-0.3, -0.25) is 9.40 Å². The van der Waals surface area contributed by atoms with Crippen molar-refractivity contribution < 1.29 is 8.42 Å². The summed E-state index contributed by atoms with van der Waals surface area (Å²) in [6.07, 6.45) is 4.13. The van der Waals surface area contributed by atoms with Gasteiger partial charge in [0.25, 0.3) is 10.0 Å². The first-order valence-electron chi connectivity index (χ1n) is 9.22. The zero-order valence-electron chi connectivity index (χ0n) is 16.0. The third kappa shape index (κ3) is 3.74. The quantitative estimate of drug-likeness (QED) is 0.646. The van der Waals surface area contributed by atoms with E-state index >= 15 is 0 Å². The van der Waals surface area contributed by atoms with Gasteiger partial charge >= 0.3 is 0 Å². The Labute approximate surface area is 178 Å². The van der Waals surface area contributed by atoms with Gasteiger partial charge in [-0.05, 0) is 38.0 Å². The summed E-state index contributed by atoms with van der Waals surface area (Å²) >= 11 is 12.6. The predicted molar refractivity (Wildman–Crippen MR) is 112 cm³/mol. The molecule has 3 heterocycles. The van der Waals surface area contributed by atoms with Gasteiger partial charge in [-0.1, -0.05) is 29.6 Å². The van der Waals surface area contributed by atoms with E-state index in [1.54, 1.807) is 32.2 Å². The first kappa shape index (κ1) is 20.2. The average Bonchev–Trinajstić information content (AvgIpc) is 3.06. The van der Waals surface area contributed by atoms with E-state index in [1.165, 1.54) is 4.68 Å². The maximum Gasteiger partial charge on any atom is 0.266 e. The molecule has 0 saturated carbocycles. The Kier molecular flexibility index (Phi) is 5.30. The molecule has 0 bridgehead atoms. The Balaban J connectivity index is 1.72. The van der Waals surface area contributed by atoms with E-state index in [0.717, 1.165) is 38.1 Å². The molecule has 29 heavy (non-hydrogen) atoms. The number of rotatable bonds is 4. The van der Waals surface area contributed by atoms with Gasteiger partial charge in [-0.25, -0.2) is 8.42 Å². The van der Waals surface area contributed by atoms with Crippen LogP contribution < -0.4 is 4.72 Å². The van der Waals surface area contributed by atoms with Crippen molar-refractivity contribution in [3.05, 3.63) is 39.9 Å². The first-order chi connectivity index (χ1) is 13.8. The second-order valence-electron chi connectivity index (χ2n) is 7.03. The van der Waals surface area contributed by atoms with E-state index in [2.05, 4.69) is 24.6 Å². The largest absolute Gasteiger partial charge is 0.311 e. The number of nitrogens with zero attached hydrogens (tertiary/aromatic N) is 5. The van der Waals surface area contributed by atoms with Crippen LogP contribution in [0.25, 0.3) is 11.4 Å². The van der Waals surface area contributed by atoms with Crippen LogP contribution in [0.4, 0.5) is 5.69 Å². The van der Waals surface area contributed by atoms with Gasteiger partial charge in [0.05, 0.1) is 10.7 Å². The van der Waals surface area contributed by atoms with Gasteiger partial charge < -0.3 is 4.57 Å². The Morgan fingerprint density at radius 3 is 2.66 bits per heavy atom. The van der Waals surface area contributed by atoms with E-state index < -0.39 is 10.0 Å². The van der Waals surface area contributed by atoms with Gasteiger partial charge in [0, 0.05) is 31.3 Å². The number of halogens is 2. The molecule has 0 amide bonds. The molecule has 3 aromatic rings. The molecular weight excluding hydrogens is 435 g/mol. The van der Waals surface area contributed by atoms with Gasteiger partial charge in [0.1, 0.15) is 15.9 Å². The molecule has 4 rings (SSSR count). The minimum Gasteiger partial charge on any atom is -0.311 e. The number of nitrogens with one attached hydrogen (secondary N) is 1. The summed E-state index contributed by atoms with van der Waals surface area (Å²) in [5.41, 5.74) is 1.30. The van der Waals surface area contributed by atoms with Crippen molar-refractivity contribution in [2.75, 3.05) is 4.72 Å². The molecule has 154 valence electrons. The Morgan fingerprint density at radius 2 is 1.93 bits per heavy atom. The van der Waals surface area contributed by atoms with Gasteiger partial charge in [-0.2, -0.15) is 5.10 Å². The van der Waals surface area contributed by atoms with Crippen LogP contribution in [0, 0.1) is 6.92 Å².